The number of carbonyl (C=O) groups excluding carboxylic acids is 2. The molecule has 1 aromatic heterocycles. The molecule has 5 aromatic rings. The van der Waals surface area contributed by atoms with Crippen LogP contribution in [0, 0.1) is 5.92 Å². The summed E-state index contributed by atoms with van der Waals surface area (Å²) < 4.78 is 5.73. The zero-order valence-electron chi connectivity index (χ0n) is 22.6. The van der Waals surface area contributed by atoms with Crippen molar-refractivity contribution in [3.63, 3.8) is 0 Å². The fraction of sp³-hybridized carbons (Fsp3) is 0.200. The second-order valence-electron chi connectivity index (χ2n) is 10.8. The summed E-state index contributed by atoms with van der Waals surface area (Å²) in [6.07, 6.45) is 0.425. The Bertz CT molecular complexity index is 1780. The molecule has 0 radical (unpaired) electrons. The van der Waals surface area contributed by atoms with Gasteiger partial charge in [-0.25, -0.2) is 0 Å². The van der Waals surface area contributed by atoms with Crippen LogP contribution in [0.1, 0.15) is 47.2 Å². The van der Waals surface area contributed by atoms with Crippen LogP contribution in [0.25, 0.3) is 10.9 Å². The normalized spacial score (nSPS) is 21.2. The molecule has 0 saturated carbocycles. The molecule has 1 aliphatic carbocycles. The Morgan fingerprint density at radius 1 is 0.976 bits per heavy atom. The predicted octanol–water partition coefficient (Wildman–Crippen LogP) is 7.37. The fourth-order valence-electron chi connectivity index (χ4n) is 7.04. The molecule has 1 N–H and O–H groups in total. The van der Waals surface area contributed by atoms with Crippen LogP contribution in [-0.4, -0.2) is 23.5 Å². The molecule has 3 atom stereocenters. The van der Waals surface area contributed by atoms with E-state index in [4.69, 9.17) is 16.3 Å². The van der Waals surface area contributed by atoms with Gasteiger partial charge in [0.1, 0.15) is 5.41 Å². The summed E-state index contributed by atoms with van der Waals surface area (Å²) in [5, 5.41) is 1.57. The Hall–Kier alpha value is -4.35. The maximum absolute atomic E-state index is 15.1. The molecule has 2 aliphatic rings. The number of nitrogens with one attached hydrogen (secondary N) is 1. The molecule has 0 saturated heterocycles. The first-order chi connectivity index (χ1) is 20.0. The SMILES string of the molecule is CCOC(=O)[C@@H]1C[C@H](c2ccccc2)c2c([nH]c3ccccc23)[C@]12C(=O)N(Cc1ccccc1)c1ccc(Cl)cc12. The van der Waals surface area contributed by atoms with E-state index in [1.54, 1.807) is 6.92 Å². The minimum absolute atomic E-state index is 0.110. The molecule has 5 nitrogen and oxygen atoms in total. The maximum Gasteiger partial charge on any atom is 0.310 e. The number of hydrogen-bond donors (Lipinski definition) is 1. The molecule has 0 unspecified atom stereocenters. The van der Waals surface area contributed by atoms with Crippen molar-refractivity contribution < 1.29 is 14.3 Å². The van der Waals surface area contributed by atoms with E-state index in [9.17, 15) is 4.79 Å². The minimum Gasteiger partial charge on any atom is -0.466 e. The van der Waals surface area contributed by atoms with Gasteiger partial charge in [0.2, 0.25) is 5.91 Å². The van der Waals surface area contributed by atoms with Gasteiger partial charge < -0.3 is 14.6 Å². The molecule has 1 aliphatic heterocycles. The van der Waals surface area contributed by atoms with E-state index in [2.05, 4.69) is 23.2 Å². The number of para-hydroxylation sites is 1. The van der Waals surface area contributed by atoms with Crippen molar-refractivity contribution in [2.24, 2.45) is 5.92 Å². The number of ether oxygens (including phenoxy) is 1. The maximum atomic E-state index is 15.1. The number of benzene rings is 4. The lowest BCUT2D eigenvalue weighted by molar-refractivity contribution is -0.153. The minimum atomic E-state index is -1.32. The third-order valence-electron chi connectivity index (χ3n) is 8.70. The van der Waals surface area contributed by atoms with Gasteiger partial charge in [0.15, 0.2) is 0 Å². The summed E-state index contributed by atoms with van der Waals surface area (Å²) in [5.41, 5.74) is 5.01. The third kappa shape index (κ3) is 3.83. The number of aromatic nitrogens is 1. The van der Waals surface area contributed by atoms with Crippen LogP contribution in [0.4, 0.5) is 5.69 Å². The summed E-state index contributed by atoms with van der Waals surface area (Å²) in [4.78, 5) is 34.6. The van der Waals surface area contributed by atoms with E-state index in [-0.39, 0.29) is 24.4 Å². The lowest BCUT2D eigenvalue weighted by Crippen LogP contribution is -2.52. The van der Waals surface area contributed by atoms with Crippen LogP contribution in [0.2, 0.25) is 5.02 Å². The molecular weight excluding hydrogens is 532 g/mol. The van der Waals surface area contributed by atoms with Gasteiger partial charge in [0, 0.05) is 33.2 Å². The van der Waals surface area contributed by atoms with Crippen LogP contribution in [0.3, 0.4) is 0 Å². The van der Waals surface area contributed by atoms with Crippen molar-refractivity contribution in [2.75, 3.05) is 11.5 Å². The van der Waals surface area contributed by atoms with E-state index in [0.717, 1.165) is 44.5 Å². The van der Waals surface area contributed by atoms with Crippen LogP contribution in [-0.2, 0) is 26.3 Å². The topological polar surface area (TPSA) is 62.4 Å². The number of esters is 1. The standard InChI is InChI=1S/C35H29ClN2O3/c1-2-41-33(39)28-20-26(23-13-7-4-8-14-23)31-25-15-9-10-16-29(25)37-32(31)35(28)27-19-24(36)17-18-30(27)38(34(35)40)21-22-11-5-3-6-12-22/h3-19,26,28,37H,2,20-21H2,1H3/t26-,28+,35-/m1/s1. The Labute approximate surface area is 243 Å². The van der Waals surface area contributed by atoms with Crippen LogP contribution >= 0.6 is 11.6 Å². The van der Waals surface area contributed by atoms with Crippen LogP contribution in [0.5, 0.6) is 0 Å². The van der Waals surface area contributed by atoms with E-state index < -0.39 is 11.3 Å². The van der Waals surface area contributed by atoms with E-state index >= 15 is 4.79 Å². The number of anilines is 1. The predicted molar refractivity (Wildman–Crippen MR) is 161 cm³/mol. The largest absolute Gasteiger partial charge is 0.466 e. The second kappa shape index (κ2) is 9.93. The van der Waals surface area contributed by atoms with Crippen molar-refractivity contribution in [3.05, 3.63) is 136 Å². The number of aromatic amines is 1. The molecule has 0 bridgehead atoms. The first kappa shape index (κ1) is 25.6. The quantitative estimate of drug-likeness (QED) is 0.228. The zero-order chi connectivity index (χ0) is 28.1. The third-order valence-corrected chi connectivity index (χ3v) is 8.93. The Morgan fingerprint density at radius 2 is 1.68 bits per heavy atom. The van der Waals surface area contributed by atoms with Crippen molar-refractivity contribution in [3.8, 4) is 0 Å². The number of amides is 1. The average Bonchev–Trinajstić information content (AvgIpc) is 3.49. The first-order valence-corrected chi connectivity index (χ1v) is 14.4. The van der Waals surface area contributed by atoms with Crippen molar-refractivity contribution >= 4 is 40.1 Å². The molecule has 2 heterocycles. The van der Waals surface area contributed by atoms with Crippen molar-refractivity contribution in [1.82, 2.24) is 4.98 Å². The van der Waals surface area contributed by atoms with Gasteiger partial charge in [0.05, 0.1) is 19.1 Å². The monoisotopic (exact) mass is 560 g/mol. The Balaban J connectivity index is 1.55. The molecule has 1 spiro atoms. The van der Waals surface area contributed by atoms with Crippen molar-refractivity contribution in [2.45, 2.75) is 31.2 Å². The summed E-state index contributed by atoms with van der Waals surface area (Å²) in [6.45, 7) is 2.41. The smallest absolute Gasteiger partial charge is 0.310 e. The van der Waals surface area contributed by atoms with Gasteiger partial charge in [-0.2, -0.15) is 0 Å². The first-order valence-electron chi connectivity index (χ1n) is 14.0. The van der Waals surface area contributed by atoms with Crippen LogP contribution in [0.15, 0.2) is 103 Å². The lowest BCUT2D eigenvalue weighted by atomic mass is 9.59. The fourth-order valence-corrected chi connectivity index (χ4v) is 7.22. The zero-order valence-corrected chi connectivity index (χ0v) is 23.4. The lowest BCUT2D eigenvalue weighted by Gasteiger charge is -2.42. The number of hydrogen-bond acceptors (Lipinski definition) is 3. The second-order valence-corrected chi connectivity index (χ2v) is 11.2. The molecule has 6 heteroatoms. The molecule has 4 aromatic carbocycles. The van der Waals surface area contributed by atoms with E-state index in [0.29, 0.717) is 18.0 Å². The van der Waals surface area contributed by atoms with Gasteiger partial charge in [-0.05, 0) is 59.9 Å². The Kier molecular flexibility index (Phi) is 6.20. The molecule has 7 rings (SSSR count). The highest BCUT2D eigenvalue weighted by molar-refractivity contribution is 6.31. The van der Waals surface area contributed by atoms with Gasteiger partial charge in [-0.15, -0.1) is 0 Å². The number of H-pyrrole nitrogens is 1. The van der Waals surface area contributed by atoms with Crippen LogP contribution < -0.4 is 4.90 Å². The van der Waals surface area contributed by atoms with E-state index in [1.807, 2.05) is 89.8 Å². The van der Waals surface area contributed by atoms with Crippen molar-refractivity contribution in [1.29, 1.82) is 0 Å². The molecule has 41 heavy (non-hydrogen) atoms. The number of fused-ring (bicyclic) bond motifs is 6. The summed E-state index contributed by atoms with van der Waals surface area (Å²) in [7, 11) is 0. The molecule has 0 fully saturated rings. The Morgan fingerprint density at radius 3 is 2.44 bits per heavy atom. The highest BCUT2D eigenvalue weighted by atomic mass is 35.5. The molecule has 204 valence electrons. The average molecular weight is 561 g/mol. The molecular formula is C35H29ClN2O3. The highest BCUT2D eigenvalue weighted by Gasteiger charge is 2.64. The van der Waals surface area contributed by atoms with Gasteiger partial charge in [-0.3, -0.25) is 9.59 Å². The number of halogens is 1. The summed E-state index contributed by atoms with van der Waals surface area (Å²) >= 11 is 6.64. The summed E-state index contributed by atoms with van der Waals surface area (Å²) in [5.74, 6) is -1.39. The van der Waals surface area contributed by atoms with Gasteiger partial charge in [-0.1, -0.05) is 90.5 Å². The van der Waals surface area contributed by atoms with E-state index in [1.165, 1.54) is 0 Å². The van der Waals surface area contributed by atoms with Gasteiger partial charge in [0.25, 0.3) is 0 Å². The number of carbonyl (C=O) groups is 2. The highest BCUT2D eigenvalue weighted by Crippen LogP contribution is 2.60. The summed E-state index contributed by atoms with van der Waals surface area (Å²) in [6, 6.07) is 33.9. The number of nitrogens with zero attached hydrogens (tertiary/aromatic N) is 1. The molecule has 1 amide bonds. The number of rotatable bonds is 5. The van der Waals surface area contributed by atoms with Gasteiger partial charge >= 0.3 is 5.97 Å².